The van der Waals surface area contributed by atoms with E-state index in [1.54, 1.807) is 14.2 Å². The molecule has 0 rings (SSSR count). The lowest BCUT2D eigenvalue weighted by molar-refractivity contribution is 0.0284. The summed E-state index contributed by atoms with van der Waals surface area (Å²) < 4.78 is 10.3. The van der Waals surface area contributed by atoms with Gasteiger partial charge in [-0.15, -0.1) is 0 Å². The van der Waals surface area contributed by atoms with Gasteiger partial charge in [0.15, 0.2) is 0 Å². The molecule has 0 spiro atoms. The lowest BCUT2D eigenvalue weighted by Crippen LogP contribution is -2.45. The first-order chi connectivity index (χ1) is 6.91. The number of nitrogens with one attached hydrogen (secondary N) is 1. The highest BCUT2D eigenvalue weighted by Gasteiger charge is 2.20. The SMILES string of the molecule is COCC(CNCC(N)C(C)(C)C)OC. The minimum atomic E-state index is 0.0992. The van der Waals surface area contributed by atoms with E-state index in [0.717, 1.165) is 13.1 Å². The molecule has 0 aromatic carbocycles. The molecule has 0 aromatic heterocycles. The Labute approximate surface area is 93.5 Å². The van der Waals surface area contributed by atoms with Crippen molar-refractivity contribution >= 4 is 0 Å². The van der Waals surface area contributed by atoms with Gasteiger partial charge in [0.25, 0.3) is 0 Å². The molecular formula is C11H26N2O2. The fraction of sp³-hybridized carbons (Fsp3) is 1.00. The second-order valence-electron chi connectivity index (χ2n) is 4.94. The van der Waals surface area contributed by atoms with Crippen molar-refractivity contribution in [1.29, 1.82) is 0 Å². The first-order valence-electron chi connectivity index (χ1n) is 5.39. The Balaban J connectivity index is 3.68. The summed E-state index contributed by atoms with van der Waals surface area (Å²) in [6, 6.07) is 0.151. The highest BCUT2D eigenvalue weighted by atomic mass is 16.5. The van der Waals surface area contributed by atoms with Gasteiger partial charge in [0, 0.05) is 33.4 Å². The monoisotopic (exact) mass is 218 g/mol. The van der Waals surface area contributed by atoms with Gasteiger partial charge in [-0.2, -0.15) is 0 Å². The topological polar surface area (TPSA) is 56.5 Å². The summed E-state index contributed by atoms with van der Waals surface area (Å²) in [7, 11) is 3.36. The van der Waals surface area contributed by atoms with Crippen LogP contribution in [-0.4, -0.2) is 46.1 Å². The zero-order valence-electron chi connectivity index (χ0n) is 10.7. The summed E-state index contributed by atoms with van der Waals surface area (Å²) in [6.45, 7) is 8.60. The van der Waals surface area contributed by atoms with Crippen LogP contribution >= 0.6 is 0 Å². The van der Waals surface area contributed by atoms with E-state index >= 15 is 0 Å². The van der Waals surface area contributed by atoms with E-state index in [0.29, 0.717) is 6.61 Å². The Kier molecular flexibility index (Phi) is 7.09. The molecule has 2 atom stereocenters. The summed E-state index contributed by atoms with van der Waals surface area (Å²) in [5.74, 6) is 0. The smallest absolute Gasteiger partial charge is 0.0928 e. The summed E-state index contributed by atoms with van der Waals surface area (Å²) in [5, 5.41) is 3.30. The Morgan fingerprint density at radius 2 is 1.80 bits per heavy atom. The van der Waals surface area contributed by atoms with E-state index in [4.69, 9.17) is 15.2 Å². The minimum absolute atomic E-state index is 0.0992. The minimum Gasteiger partial charge on any atom is -0.382 e. The van der Waals surface area contributed by atoms with Crippen molar-refractivity contribution in [3.05, 3.63) is 0 Å². The summed E-state index contributed by atoms with van der Waals surface area (Å²) >= 11 is 0. The van der Waals surface area contributed by atoms with Gasteiger partial charge in [-0.1, -0.05) is 20.8 Å². The molecule has 0 amide bonds. The lowest BCUT2D eigenvalue weighted by Gasteiger charge is -2.27. The Bertz CT molecular complexity index is 157. The zero-order chi connectivity index (χ0) is 11.9. The van der Waals surface area contributed by atoms with Crippen LogP contribution in [0.15, 0.2) is 0 Å². The molecule has 0 saturated carbocycles. The van der Waals surface area contributed by atoms with Gasteiger partial charge in [0.1, 0.15) is 0 Å². The van der Waals surface area contributed by atoms with Gasteiger partial charge < -0.3 is 20.5 Å². The molecule has 0 aliphatic carbocycles. The molecule has 3 N–H and O–H groups in total. The highest BCUT2D eigenvalue weighted by molar-refractivity contribution is 4.79. The maximum absolute atomic E-state index is 6.02. The molecule has 0 bridgehead atoms. The standard InChI is InChI=1S/C11H26N2O2/c1-11(2,3)10(12)7-13-6-9(15-5)8-14-4/h9-10,13H,6-8,12H2,1-5H3. The third kappa shape index (κ3) is 6.84. The molecule has 0 heterocycles. The van der Waals surface area contributed by atoms with Crippen molar-refractivity contribution in [2.75, 3.05) is 33.9 Å². The van der Waals surface area contributed by atoms with Gasteiger partial charge >= 0.3 is 0 Å². The second-order valence-corrected chi connectivity index (χ2v) is 4.94. The van der Waals surface area contributed by atoms with Crippen molar-refractivity contribution in [3.8, 4) is 0 Å². The number of hydrogen-bond acceptors (Lipinski definition) is 4. The molecule has 0 aromatic rings. The van der Waals surface area contributed by atoms with Crippen molar-refractivity contribution in [2.24, 2.45) is 11.1 Å². The highest BCUT2D eigenvalue weighted by Crippen LogP contribution is 2.16. The molecule has 4 nitrogen and oxygen atoms in total. The number of rotatable bonds is 7. The summed E-state index contributed by atoms with van der Waals surface area (Å²) in [5.41, 5.74) is 6.15. The maximum Gasteiger partial charge on any atom is 0.0928 e. The molecule has 4 heteroatoms. The largest absolute Gasteiger partial charge is 0.382 e. The lowest BCUT2D eigenvalue weighted by atomic mass is 9.87. The van der Waals surface area contributed by atoms with Gasteiger partial charge in [0.2, 0.25) is 0 Å². The van der Waals surface area contributed by atoms with Crippen molar-refractivity contribution in [1.82, 2.24) is 5.32 Å². The van der Waals surface area contributed by atoms with Crippen LogP contribution in [0.25, 0.3) is 0 Å². The predicted molar refractivity (Wildman–Crippen MR) is 63.0 cm³/mol. The summed E-state index contributed by atoms with van der Waals surface area (Å²) in [6.07, 6.45) is 0.0992. The van der Waals surface area contributed by atoms with E-state index in [9.17, 15) is 0 Å². The Hall–Kier alpha value is -0.160. The van der Waals surface area contributed by atoms with E-state index in [2.05, 4.69) is 26.1 Å². The van der Waals surface area contributed by atoms with Crippen LogP contribution in [0.1, 0.15) is 20.8 Å². The molecule has 0 aliphatic heterocycles. The Morgan fingerprint density at radius 3 is 2.20 bits per heavy atom. The normalized spacial score (nSPS) is 16.4. The summed E-state index contributed by atoms with van der Waals surface area (Å²) in [4.78, 5) is 0. The van der Waals surface area contributed by atoms with E-state index in [1.165, 1.54) is 0 Å². The fourth-order valence-electron chi connectivity index (χ4n) is 1.10. The van der Waals surface area contributed by atoms with Crippen LogP contribution in [-0.2, 0) is 9.47 Å². The number of nitrogens with two attached hydrogens (primary N) is 1. The molecule has 2 unspecified atom stereocenters. The third-order valence-electron chi connectivity index (χ3n) is 2.53. The zero-order valence-corrected chi connectivity index (χ0v) is 10.7. The van der Waals surface area contributed by atoms with Crippen LogP contribution in [0.2, 0.25) is 0 Å². The van der Waals surface area contributed by atoms with E-state index < -0.39 is 0 Å². The van der Waals surface area contributed by atoms with Crippen molar-refractivity contribution in [3.63, 3.8) is 0 Å². The van der Waals surface area contributed by atoms with Crippen LogP contribution in [0.4, 0.5) is 0 Å². The predicted octanol–water partition coefficient (Wildman–Crippen LogP) is 0.611. The molecule has 0 fully saturated rings. The molecule has 92 valence electrons. The fourth-order valence-corrected chi connectivity index (χ4v) is 1.10. The number of ether oxygens (including phenoxy) is 2. The van der Waals surface area contributed by atoms with Crippen LogP contribution in [0, 0.1) is 5.41 Å². The average molecular weight is 218 g/mol. The first kappa shape index (κ1) is 14.8. The van der Waals surface area contributed by atoms with Gasteiger partial charge in [-0.05, 0) is 5.41 Å². The molecule has 15 heavy (non-hydrogen) atoms. The van der Waals surface area contributed by atoms with Crippen molar-refractivity contribution in [2.45, 2.75) is 32.9 Å². The third-order valence-corrected chi connectivity index (χ3v) is 2.53. The van der Waals surface area contributed by atoms with Crippen LogP contribution in [0.3, 0.4) is 0 Å². The molecule has 0 aliphatic rings. The molecular weight excluding hydrogens is 192 g/mol. The van der Waals surface area contributed by atoms with E-state index in [-0.39, 0.29) is 17.6 Å². The quantitative estimate of drug-likeness (QED) is 0.657. The van der Waals surface area contributed by atoms with Crippen LogP contribution in [0.5, 0.6) is 0 Å². The van der Waals surface area contributed by atoms with Crippen molar-refractivity contribution < 1.29 is 9.47 Å². The van der Waals surface area contributed by atoms with Gasteiger partial charge in [-0.3, -0.25) is 0 Å². The van der Waals surface area contributed by atoms with Gasteiger partial charge in [-0.25, -0.2) is 0 Å². The maximum atomic E-state index is 6.02. The van der Waals surface area contributed by atoms with Gasteiger partial charge in [0.05, 0.1) is 12.7 Å². The first-order valence-corrected chi connectivity index (χ1v) is 5.39. The average Bonchev–Trinajstić information content (AvgIpc) is 2.14. The van der Waals surface area contributed by atoms with E-state index in [1.807, 2.05) is 0 Å². The number of methoxy groups -OCH3 is 2. The van der Waals surface area contributed by atoms with Crippen LogP contribution < -0.4 is 11.1 Å². The number of hydrogen-bond donors (Lipinski definition) is 2. The Morgan fingerprint density at radius 1 is 1.20 bits per heavy atom. The molecule has 0 saturated heterocycles. The molecule has 0 radical (unpaired) electrons. The second kappa shape index (κ2) is 7.17.